The second kappa shape index (κ2) is 9.52. The molecule has 16 heteroatoms. The molecule has 1 aliphatic carbocycles. The first kappa shape index (κ1) is 27.5. The molecule has 2 amide bonds. The Labute approximate surface area is 222 Å². The number of aromatic nitrogens is 4. The molecule has 5 rings (SSSR count). The fraction of sp³-hybridized carbons (Fsp3) is 0.417. The van der Waals surface area contributed by atoms with Crippen molar-refractivity contribution in [3.63, 3.8) is 0 Å². The number of likely N-dealkylation sites (tertiary alicyclic amines) is 1. The van der Waals surface area contributed by atoms with Gasteiger partial charge in [-0.1, -0.05) is 0 Å². The van der Waals surface area contributed by atoms with E-state index in [-0.39, 0.29) is 35.8 Å². The van der Waals surface area contributed by atoms with Gasteiger partial charge in [-0.25, -0.2) is 22.7 Å². The molecule has 3 aromatic rings. The second-order valence-electron chi connectivity index (χ2n) is 9.73. The lowest BCUT2D eigenvalue weighted by Gasteiger charge is -2.36. The third-order valence-corrected chi connectivity index (χ3v) is 7.00. The molecule has 2 fully saturated rings. The van der Waals surface area contributed by atoms with Crippen LogP contribution >= 0.6 is 0 Å². The molecule has 0 bridgehead atoms. The molecule has 0 unspecified atom stereocenters. The van der Waals surface area contributed by atoms with E-state index < -0.39 is 71.5 Å². The van der Waals surface area contributed by atoms with Crippen LogP contribution in [0, 0.1) is 18.4 Å². The maximum absolute atomic E-state index is 14.8. The van der Waals surface area contributed by atoms with E-state index in [0.717, 1.165) is 32.6 Å². The first-order valence-corrected chi connectivity index (χ1v) is 11.9. The smallest absolute Gasteiger partial charge is 0.418 e. The van der Waals surface area contributed by atoms with Crippen LogP contribution in [0.15, 0.2) is 24.7 Å². The Bertz CT molecular complexity index is 1560. The van der Waals surface area contributed by atoms with Crippen molar-refractivity contribution in [2.24, 2.45) is 5.92 Å². The number of alkyl halides is 6. The van der Waals surface area contributed by atoms with Gasteiger partial charge in [0.1, 0.15) is 23.6 Å². The summed E-state index contributed by atoms with van der Waals surface area (Å²) in [7, 11) is 4.65. The van der Waals surface area contributed by atoms with Crippen LogP contribution in [0.2, 0.25) is 0 Å². The fourth-order valence-corrected chi connectivity index (χ4v) is 4.92. The van der Waals surface area contributed by atoms with Gasteiger partial charge in [0.05, 0.1) is 31.0 Å². The van der Waals surface area contributed by atoms with E-state index in [4.69, 9.17) is 10.1 Å². The molecule has 0 spiro atoms. The molecular formula is C24H22F6N7O3. The third kappa shape index (κ3) is 4.75. The number of halogens is 6. The van der Waals surface area contributed by atoms with E-state index >= 15 is 0 Å². The van der Waals surface area contributed by atoms with Crippen LogP contribution < -0.4 is 15.5 Å². The number of ether oxygens (including phenoxy) is 1. The molecule has 2 atom stereocenters. The third-order valence-electron chi connectivity index (χ3n) is 7.00. The van der Waals surface area contributed by atoms with Crippen molar-refractivity contribution in [3.05, 3.63) is 48.3 Å². The minimum atomic E-state index is -4.84. The Kier molecular flexibility index (Phi) is 6.53. The molecule has 2 N–H and O–H groups in total. The number of amides is 2. The summed E-state index contributed by atoms with van der Waals surface area (Å²) >= 11 is 0. The molecule has 0 aromatic carbocycles. The van der Waals surface area contributed by atoms with Crippen molar-refractivity contribution in [2.45, 2.75) is 37.2 Å². The number of rotatable bonds is 5. The summed E-state index contributed by atoms with van der Waals surface area (Å²) in [5, 5.41) is 14.4. The number of hydrogen-bond donors (Lipinski definition) is 2. The van der Waals surface area contributed by atoms with Crippen molar-refractivity contribution in [1.82, 2.24) is 29.4 Å². The van der Waals surface area contributed by atoms with Crippen molar-refractivity contribution in [1.29, 1.82) is 5.41 Å². The quantitative estimate of drug-likeness (QED) is 0.458. The van der Waals surface area contributed by atoms with Crippen molar-refractivity contribution in [3.8, 4) is 17.1 Å². The number of fused-ring (bicyclic) bond motifs is 1. The summed E-state index contributed by atoms with van der Waals surface area (Å²) in [6.45, 7) is -0.631. The standard InChI is InChI=1S/C24H22F6N7O3/c1-35-10-33-37-17(4-14(24(28,29)30)18(37)19(35)31)11-3-13(21(40-2)32-7-11)20(38)34-16-9-36(8-15(16)25)22(39)12-5-23(26,27)6-12/h3-4,7,10,12,15-16,31H,1,5-6,8-9H2,2H3,(H,34,38)/t15-,16+/m0/s1. The van der Waals surface area contributed by atoms with E-state index in [1.54, 1.807) is 0 Å². The average molecular weight is 570 g/mol. The van der Waals surface area contributed by atoms with Crippen molar-refractivity contribution < 1.29 is 40.7 Å². The number of nitrogens with zero attached hydrogens (tertiary/aromatic N) is 5. The lowest BCUT2D eigenvalue weighted by molar-refractivity contribution is -0.159. The zero-order chi connectivity index (χ0) is 29.1. The Balaban J connectivity index is 1.43. The van der Waals surface area contributed by atoms with E-state index in [1.807, 2.05) is 0 Å². The van der Waals surface area contributed by atoms with E-state index in [1.165, 1.54) is 13.2 Å². The number of methoxy groups -OCH3 is 1. The Morgan fingerprint density at radius 3 is 2.55 bits per heavy atom. The van der Waals surface area contributed by atoms with Gasteiger partial charge in [-0.2, -0.15) is 18.3 Å². The summed E-state index contributed by atoms with van der Waals surface area (Å²) < 4.78 is 89.3. The Morgan fingerprint density at radius 2 is 1.93 bits per heavy atom. The van der Waals surface area contributed by atoms with Crippen molar-refractivity contribution >= 4 is 17.3 Å². The molecule has 1 saturated carbocycles. The van der Waals surface area contributed by atoms with E-state index in [9.17, 15) is 35.9 Å². The highest BCUT2D eigenvalue weighted by Gasteiger charge is 2.51. The van der Waals surface area contributed by atoms with Crippen LogP contribution in [0.25, 0.3) is 16.8 Å². The summed E-state index contributed by atoms with van der Waals surface area (Å²) in [5.74, 6) is -5.54. The monoisotopic (exact) mass is 570 g/mol. The molecule has 2 aliphatic rings. The van der Waals surface area contributed by atoms with Gasteiger partial charge in [0.2, 0.25) is 17.7 Å². The minimum Gasteiger partial charge on any atom is -0.480 e. The van der Waals surface area contributed by atoms with Gasteiger partial charge in [-0.05, 0) is 12.1 Å². The van der Waals surface area contributed by atoms with Gasteiger partial charge < -0.3 is 19.5 Å². The lowest BCUT2D eigenvalue weighted by Crippen LogP contribution is -2.47. The first-order chi connectivity index (χ1) is 18.7. The SMILES string of the molecule is [CH2]n1cnn2c(-c3cnc(OC)c(C(=O)N[C@@H]4CN(C(=O)C5CC(F)(F)C5)C[C@@H]4F)c3)cc(C(F)(F)F)c2c1=N. The molecule has 1 aliphatic heterocycles. The molecular weight excluding hydrogens is 548 g/mol. The van der Waals surface area contributed by atoms with E-state index in [0.29, 0.717) is 0 Å². The number of nitrogens with one attached hydrogen (secondary N) is 2. The van der Waals surface area contributed by atoms with Crippen LogP contribution in [-0.2, 0) is 11.0 Å². The summed E-state index contributed by atoms with van der Waals surface area (Å²) in [6.07, 6.45) is -5.55. The highest BCUT2D eigenvalue weighted by molar-refractivity contribution is 5.98. The molecule has 1 saturated heterocycles. The predicted octanol–water partition coefficient (Wildman–Crippen LogP) is 2.67. The number of pyridine rings is 1. The van der Waals surface area contributed by atoms with Crippen LogP contribution in [0.3, 0.4) is 0 Å². The Hall–Kier alpha value is -4.11. The summed E-state index contributed by atoms with van der Waals surface area (Å²) in [6, 6.07) is 0.769. The van der Waals surface area contributed by atoms with Crippen LogP contribution in [0.1, 0.15) is 28.8 Å². The lowest BCUT2D eigenvalue weighted by atomic mass is 9.80. The number of hydrogen-bond acceptors (Lipinski definition) is 6. The van der Waals surface area contributed by atoms with Crippen LogP contribution in [0.4, 0.5) is 26.3 Å². The maximum atomic E-state index is 14.8. The zero-order valence-electron chi connectivity index (χ0n) is 20.8. The average Bonchev–Trinajstić information content (AvgIpc) is 3.45. The predicted molar refractivity (Wildman–Crippen MR) is 125 cm³/mol. The number of carbonyl (C=O) groups excluding carboxylic acids is 2. The first-order valence-electron chi connectivity index (χ1n) is 11.9. The summed E-state index contributed by atoms with van der Waals surface area (Å²) in [4.78, 5) is 30.7. The normalized spacial score (nSPS) is 20.9. The highest BCUT2D eigenvalue weighted by atomic mass is 19.4. The zero-order valence-corrected chi connectivity index (χ0v) is 20.8. The molecule has 10 nitrogen and oxygen atoms in total. The molecule has 40 heavy (non-hydrogen) atoms. The molecule has 213 valence electrons. The fourth-order valence-electron chi connectivity index (χ4n) is 4.92. The van der Waals surface area contributed by atoms with E-state index in [2.05, 4.69) is 22.4 Å². The van der Waals surface area contributed by atoms with Gasteiger partial charge in [0.25, 0.3) is 5.91 Å². The highest BCUT2D eigenvalue weighted by Crippen LogP contribution is 2.43. The van der Waals surface area contributed by atoms with Gasteiger partial charge in [-0.15, -0.1) is 0 Å². The molecule has 4 heterocycles. The van der Waals surface area contributed by atoms with Gasteiger partial charge in [-0.3, -0.25) is 15.0 Å². The van der Waals surface area contributed by atoms with Crippen LogP contribution in [-0.4, -0.2) is 74.2 Å². The van der Waals surface area contributed by atoms with Gasteiger partial charge >= 0.3 is 6.18 Å². The molecule has 1 radical (unpaired) electrons. The second-order valence-corrected chi connectivity index (χ2v) is 9.73. The van der Waals surface area contributed by atoms with Gasteiger partial charge in [0, 0.05) is 44.1 Å². The Morgan fingerprint density at radius 1 is 1.23 bits per heavy atom. The topological polar surface area (TPSA) is 118 Å². The van der Waals surface area contributed by atoms with Gasteiger partial charge in [0.15, 0.2) is 5.49 Å². The van der Waals surface area contributed by atoms with Crippen LogP contribution in [0.5, 0.6) is 5.88 Å². The summed E-state index contributed by atoms with van der Waals surface area (Å²) in [5.41, 5.74) is -2.65. The number of carbonyl (C=O) groups is 2. The molecule has 3 aromatic heterocycles. The largest absolute Gasteiger partial charge is 0.480 e. The maximum Gasteiger partial charge on any atom is 0.418 e. The minimum absolute atomic E-state index is 0.0103. The van der Waals surface area contributed by atoms with Crippen molar-refractivity contribution in [2.75, 3.05) is 20.2 Å².